The van der Waals surface area contributed by atoms with Crippen molar-refractivity contribution >= 4 is 23.5 Å². The Morgan fingerprint density at radius 2 is 2.00 bits per heavy atom. The predicted octanol–water partition coefficient (Wildman–Crippen LogP) is 1.05. The Morgan fingerprint density at radius 1 is 1.27 bits per heavy atom. The number of piperazine rings is 1. The summed E-state index contributed by atoms with van der Waals surface area (Å²) in [4.78, 5) is 38.6. The lowest BCUT2D eigenvalue weighted by Gasteiger charge is -2.36. The summed E-state index contributed by atoms with van der Waals surface area (Å²) >= 11 is 0. The van der Waals surface area contributed by atoms with Crippen LogP contribution in [0.15, 0.2) is 18.2 Å². The number of benzene rings is 1. The maximum absolute atomic E-state index is 14.8. The van der Waals surface area contributed by atoms with Crippen molar-refractivity contribution < 1.29 is 28.2 Å². The van der Waals surface area contributed by atoms with Crippen LogP contribution in [0.3, 0.4) is 0 Å². The minimum absolute atomic E-state index is 0.185. The van der Waals surface area contributed by atoms with Crippen LogP contribution in [0.1, 0.15) is 31.2 Å². The van der Waals surface area contributed by atoms with Gasteiger partial charge in [-0.15, -0.1) is 0 Å². The molecule has 0 spiro atoms. The summed E-state index contributed by atoms with van der Waals surface area (Å²) in [5.74, 6) is -1.70. The number of esters is 2. The summed E-state index contributed by atoms with van der Waals surface area (Å²) in [6.07, 6.45) is 0.365. The van der Waals surface area contributed by atoms with E-state index in [4.69, 9.17) is 4.74 Å². The van der Waals surface area contributed by atoms with E-state index in [0.29, 0.717) is 43.7 Å². The second-order valence-corrected chi connectivity index (χ2v) is 7.65. The molecule has 1 aromatic carbocycles. The highest BCUT2D eigenvalue weighted by atomic mass is 19.1. The van der Waals surface area contributed by atoms with Crippen molar-refractivity contribution in [3.8, 4) is 0 Å². The number of rotatable bonds is 7. The van der Waals surface area contributed by atoms with Crippen molar-refractivity contribution in [2.75, 3.05) is 51.3 Å². The highest BCUT2D eigenvalue weighted by molar-refractivity contribution is 5.81. The molecule has 2 fully saturated rings. The van der Waals surface area contributed by atoms with E-state index in [2.05, 4.69) is 15.0 Å². The third-order valence-corrected chi connectivity index (χ3v) is 5.59. The molecule has 0 aromatic heterocycles. The molecule has 2 aliphatic heterocycles. The van der Waals surface area contributed by atoms with Crippen molar-refractivity contribution in [1.82, 2.24) is 10.2 Å². The summed E-state index contributed by atoms with van der Waals surface area (Å²) < 4.78 is 24.8. The van der Waals surface area contributed by atoms with Gasteiger partial charge < -0.3 is 19.7 Å². The van der Waals surface area contributed by atoms with Crippen LogP contribution in [0.2, 0.25) is 0 Å². The summed E-state index contributed by atoms with van der Waals surface area (Å²) in [5, 5.41) is 2.64. The normalized spacial score (nSPS) is 22.0. The van der Waals surface area contributed by atoms with Gasteiger partial charge in [0, 0.05) is 46.1 Å². The Balaban J connectivity index is 1.56. The van der Waals surface area contributed by atoms with Crippen molar-refractivity contribution in [3.05, 3.63) is 29.6 Å². The minimum atomic E-state index is -0.525. The van der Waals surface area contributed by atoms with Gasteiger partial charge in [0.05, 0.1) is 31.7 Å². The molecule has 0 aliphatic carbocycles. The molecule has 0 saturated carbocycles. The predicted molar refractivity (Wildman–Crippen MR) is 108 cm³/mol. The fourth-order valence-corrected chi connectivity index (χ4v) is 3.87. The number of hydrogen-bond donors (Lipinski definition) is 1. The Hall–Kier alpha value is -2.68. The molecule has 8 nitrogen and oxygen atoms in total. The number of nitrogens with zero attached hydrogens (tertiary/aromatic N) is 2. The highest BCUT2D eigenvalue weighted by Crippen LogP contribution is 2.33. The molecule has 0 bridgehead atoms. The van der Waals surface area contributed by atoms with Gasteiger partial charge in [0.25, 0.3) is 0 Å². The maximum Gasteiger partial charge on any atom is 0.313 e. The van der Waals surface area contributed by atoms with E-state index in [1.54, 1.807) is 12.1 Å². The molecule has 1 N–H and O–H groups in total. The first-order chi connectivity index (χ1) is 14.4. The van der Waals surface area contributed by atoms with Crippen LogP contribution in [-0.4, -0.2) is 75.2 Å². The number of methoxy groups -OCH3 is 1. The smallest absolute Gasteiger partial charge is 0.313 e. The molecular formula is C21H28FN3O5. The summed E-state index contributed by atoms with van der Waals surface area (Å²) in [5.41, 5.74) is 1.09. The van der Waals surface area contributed by atoms with E-state index in [-0.39, 0.29) is 24.2 Å². The van der Waals surface area contributed by atoms with Crippen LogP contribution in [-0.2, 0) is 23.9 Å². The quantitative estimate of drug-likeness (QED) is 0.659. The van der Waals surface area contributed by atoms with Crippen LogP contribution >= 0.6 is 0 Å². The Morgan fingerprint density at radius 3 is 2.63 bits per heavy atom. The molecular weight excluding hydrogens is 393 g/mol. The van der Waals surface area contributed by atoms with Gasteiger partial charge in [0.1, 0.15) is 11.9 Å². The SMILES string of the molecule is COC(=O)CCN1CCN(c2ccc([C@H]3CC(CNC(C)=O)OC3=O)cc2F)CC1. The number of amides is 1. The molecule has 2 aliphatic rings. The van der Waals surface area contributed by atoms with E-state index in [1.807, 2.05) is 4.90 Å². The lowest BCUT2D eigenvalue weighted by atomic mass is 9.95. The van der Waals surface area contributed by atoms with E-state index >= 15 is 0 Å². The number of halogens is 1. The average Bonchev–Trinajstić information content (AvgIpc) is 3.11. The summed E-state index contributed by atoms with van der Waals surface area (Å²) in [7, 11) is 1.38. The van der Waals surface area contributed by atoms with Crippen molar-refractivity contribution in [1.29, 1.82) is 0 Å². The van der Waals surface area contributed by atoms with Gasteiger partial charge in [-0.2, -0.15) is 0 Å². The first-order valence-corrected chi connectivity index (χ1v) is 10.2. The Bertz CT molecular complexity index is 795. The Labute approximate surface area is 175 Å². The molecule has 2 atom stereocenters. The zero-order valence-electron chi connectivity index (χ0n) is 17.4. The number of carbonyl (C=O) groups is 3. The highest BCUT2D eigenvalue weighted by Gasteiger charge is 2.36. The molecule has 0 radical (unpaired) electrons. The van der Waals surface area contributed by atoms with Crippen LogP contribution < -0.4 is 10.2 Å². The van der Waals surface area contributed by atoms with E-state index in [0.717, 1.165) is 13.1 Å². The average molecular weight is 421 g/mol. The lowest BCUT2D eigenvalue weighted by Crippen LogP contribution is -2.47. The van der Waals surface area contributed by atoms with Gasteiger partial charge in [-0.05, 0) is 17.7 Å². The number of ether oxygens (including phenoxy) is 2. The van der Waals surface area contributed by atoms with E-state index in [1.165, 1.54) is 20.1 Å². The monoisotopic (exact) mass is 421 g/mol. The van der Waals surface area contributed by atoms with Crippen molar-refractivity contribution in [2.45, 2.75) is 31.8 Å². The fourth-order valence-electron chi connectivity index (χ4n) is 3.87. The van der Waals surface area contributed by atoms with Crippen LogP contribution in [0.4, 0.5) is 10.1 Å². The summed E-state index contributed by atoms with van der Waals surface area (Å²) in [6.45, 7) is 5.07. The third-order valence-electron chi connectivity index (χ3n) is 5.59. The first kappa shape index (κ1) is 22.0. The molecule has 3 rings (SSSR count). The second-order valence-electron chi connectivity index (χ2n) is 7.65. The number of hydrogen-bond acceptors (Lipinski definition) is 7. The number of anilines is 1. The second kappa shape index (κ2) is 9.88. The van der Waals surface area contributed by atoms with Gasteiger partial charge in [-0.1, -0.05) is 6.07 Å². The topological polar surface area (TPSA) is 88.2 Å². The molecule has 1 unspecified atom stereocenters. The van der Waals surface area contributed by atoms with Crippen LogP contribution in [0.5, 0.6) is 0 Å². The molecule has 1 aromatic rings. The van der Waals surface area contributed by atoms with Crippen LogP contribution in [0.25, 0.3) is 0 Å². The Kier molecular flexibility index (Phi) is 7.25. The van der Waals surface area contributed by atoms with E-state index < -0.39 is 18.0 Å². The zero-order valence-corrected chi connectivity index (χ0v) is 17.4. The van der Waals surface area contributed by atoms with Gasteiger partial charge in [0.15, 0.2) is 0 Å². The lowest BCUT2D eigenvalue weighted by molar-refractivity contribution is -0.143. The maximum atomic E-state index is 14.8. The van der Waals surface area contributed by atoms with Crippen molar-refractivity contribution in [2.24, 2.45) is 0 Å². The third kappa shape index (κ3) is 5.47. The number of nitrogens with one attached hydrogen (secondary N) is 1. The summed E-state index contributed by atoms with van der Waals surface area (Å²) in [6, 6.07) is 4.89. The standard InChI is InChI=1S/C21H28FN3O5/c1-14(26)23-13-16-12-17(21(28)30-16)15-3-4-19(18(22)11-15)25-9-7-24(8-10-25)6-5-20(27)29-2/h3-4,11,16-17H,5-10,12-13H2,1-2H3,(H,23,26)/t16?,17-/m1/s1. The van der Waals surface area contributed by atoms with Crippen LogP contribution in [0, 0.1) is 5.82 Å². The molecule has 1 amide bonds. The number of cyclic esters (lactones) is 1. The molecule has 2 saturated heterocycles. The van der Waals surface area contributed by atoms with Gasteiger partial charge in [0.2, 0.25) is 5.91 Å². The first-order valence-electron chi connectivity index (χ1n) is 10.2. The fraction of sp³-hybridized carbons (Fsp3) is 0.571. The van der Waals surface area contributed by atoms with Gasteiger partial charge in [-0.25, -0.2) is 4.39 Å². The molecule has 164 valence electrons. The largest absolute Gasteiger partial charge is 0.469 e. The molecule has 9 heteroatoms. The van der Waals surface area contributed by atoms with Gasteiger partial charge >= 0.3 is 11.9 Å². The van der Waals surface area contributed by atoms with E-state index in [9.17, 15) is 18.8 Å². The van der Waals surface area contributed by atoms with Crippen molar-refractivity contribution in [3.63, 3.8) is 0 Å². The van der Waals surface area contributed by atoms with Gasteiger partial charge in [-0.3, -0.25) is 19.3 Å². The molecule has 30 heavy (non-hydrogen) atoms. The number of carbonyl (C=O) groups excluding carboxylic acids is 3. The molecule has 2 heterocycles. The minimum Gasteiger partial charge on any atom is -0.469 e. The zero-order chi connectivity index (χ0) is 21.7.